The SMILES string of the molecule is CCC(CC)(c1c(O)cc(N)cc1F)C(C)(C)C. The summed E-state index contributed by atoms with van der Waals surface area (Å²) in [7, 11) is 0. The minimum Gasteiger partial charge on any atom is -0.507 e. The summed E-state index contributed by atoms with van der Waals surface area (Å²) in [5.74, 6) is -0.447. The van der Waals surface area contributed by atoms with Crippen molar-refractivity contribution in [3.63, 3.8) is 0 Å². The number of hydrogen-bond acceptors (Lipinski definition) is 2. The van der Waals surface area contributed by atoms with Gasteiger partial charge in [-0.25, -0.2) is 4.39 Å². The molecular weight excluding hydrogens is 229 g/mol. The summed E-state index contributed by atoms with van der Waals surface area (Å²) in [6.07, 6.45) is 1.53. The number of nitrogens with two attached hydrogens (primary N) is 1. The number of phenolic OH excluding ortho intramolecular Hbond substituents is 1. The van der Waals surface area contributed by atoms with E-state index in [2.05, 4.69) is 20.8 Å². The highest BCUT2D eigenvalue weighted by molar-refractivity contribution is 5.52. The first-order valence-corrected chi connectivity index (χ1v) is 6.48. The maximum absolute atomic E-state index is 14.3. The van der Waals surface area contributed by atoms with Gasteiger partial charge in [-0.2, -0.15) is 0 Å². The van der Waals surface area contributed by atoms with E-state index < -0.39 is 11.2 Å². The maximum atomic E-state index is 14.3. The Kier molecular flexibility index (Phi) is 3.94. The van der Waals surface area contributed by atoms with E-state index in [-0.39, 0.29) is 16.9 Å². The van der Waals surface area contributed by atoms with Crippen LogP contribution < -0.4 is 5.73 Å². The second kappa shape index (κ2) is 4.79. The van der Waals surface area contributed by atoms with Gasteiger partial charge in [0.2, 0.25) is 0 Å². The van der Waals surface area contributed by atoms with Crippen LogP contribution >= 0.6 is 0 Å². The molecule has 3 heteroatoms. The molecule has 0 aliphatic carbocycles. The van der Waals surface area contributed by atoms with E-state index in [1.165, 1.54) is 12.1 Å². The summed E-state index contributed by atoms with van der Waals surface area (Å²) < 4.78 is 14.3. The van der Waals surface area contributed by atoms with E-state index in [4.69, 9.17) is 5.73 Å². The maximum Gasteiger partial charge on any atom is 0.132 e. The summed E-state index contributed by atoms with van der Waals surface area (Å²) in [5, 5.41) is 10.1. The number of hydrogen-bond donors (Lipinski definition) is 2. The third-order valence-electron chi connectivity index (χ3n) is 4.21. The largest absolute Gasteiger partial charge is 0.507 e. The summed E-state index contributed by atoms with van der Waals surface area (Å²) in [6, 6.07) is 2.73. The Morgan fingerprint density at radius 2 is 1.67 bits per heavy atom. The molecule has 1 aromatic rings. The van der Waals surface area contributed by atoms with Crippen LogP contribution in [0.15, 0.2) is 12.1 Å². The number of rotatable bonds is 3. The lowest BCUT2D eigenvalue weighted by atomic mass is 9.59. The van der Waals surface area contributed by atoms with Gasteiger partial charge in [0.15, 0.2) is 0 Å². The van der Waals surface area contributed by atoms with E-state index in [1.54, 1.807) is 0 Å². The van der Waals surface area contributed by atoms with Gasteiger partial charge < -0.3 is 10.8 Å². The quantitative estimate of drug-likeness (QED) is 0.792. The zero-order chi connectivity index (χ0) is 14.1. The van der Waals surface area contributed by atoms with Gasteiger partial charge in [-0.15, -0.1) is 0 Å². The van der Waals surface area contributed by atoms with Gasteiger partial charge in [-0.05, 0) is 24.3 Å². The Labute approximate surface area is 109 Å². The summed E-state index contributed by atoms with van der Waals surface area (Å²) in [5.41, 5.74) is 5.67. The minimum absolute atomic E-state index is 0.0360. The van der Waals surface area contributed by atoms with Crippen molar-refractivity contribution in [2.45, 2.75) is 52.9 Å². The van der Waals surface area contributed by atoms with Crippen LogP contribution in [0.2, 0.25) is 0 Å². The third kappa shape index (κ3) is 2.18. The number of phenols is 1. The van der Waals surface area contributed by atoms with Crippen LogP contribution in [0.4, 0.5) is 10.1 Å². The highest BCUT2D eigenvalue weighted by Gasteiger charge is 2.43. The van der Waals surface area contributed by atoms with E-state index >= 15 is 0 Å². The van der Waals surface area contributed by atoms with Crippen molar-refractivity contribution in [1.29, 1.82) is 0 Å². The molecule has 0 aliphatic rings. The van der Waals surface area contributed by atoms with Gasteiger partial charge in [0.05, 0.1) is 0 Å². The van der Waals surface area contributed by atoms with Crippen LogP contribution in [-0.4, -0.2) is 5.11 Å². The fourth-order valence-electron chi connectivity index (χ4n) is 3.13. The predicted molar refractivity (Wildman–Crippen MR) is 74.2 cm³/mol. The van der Waals surface area contributed by atoms with Gasteiger partial charge in [-0.3, -0.25) is 0 Å². The van der Waals surface area contributed by atoms with E-state index in [0.29, 0.717) is 5.56 Å². The third-order valence-corrected chi connectivity index (χ3v) is 4.21. The Hall–Kier alpha value is -1.25. The average Bonchev–Trinajstić information content (AvgIpc) is 2.21. The Balaban J connectivity index is 3.59. The molecule has 0 aliphatic heterocycles. The van der Waals surface area contributed by atoms with Crippen molar-refractivity contribution in [1.82, 2.24) is 0 Å². The average molecular weight is 253 g/mol. The number of nitrogen functional groups attached to an aromatic ring is 1. The zero-order valence-electron chi connectivity index (χ0n) is 12.0. The molecule has 2 nitrogen and oxygen atoms in total. The van der Waals surface area contributed by atoms with Crippen LogP contribution in [-0.2, 0) is 5.41 Å². The predicted octanol–water partition coefficient (Wildman–Crippen LogP) is 4.22. The second-order valence-corrected chi connectivity index (χ2v) is 5.94. The van der Waals surface area contributed by atoms with E-state index in [0.717, 1.165) is 12.8 Å². The van der Waals surface area contributed by atoms with Gasteiger partial charge in [0, 0.05) is 22.7 Å². The molecule has 1 rings (SSSR count). The zero-order valence-corrected chi connectivity index (χ0v) is 12.0. The monoisotopic (exact) mass is 253 g/mol. The van der Waals surface area contributed by atoms with Crippen LogP contribution in [0.3, 0.4) is 0 Å². The normalized spacial score (nSPS) is 12.8. The molecule has 1 aromatic carbocycles. The molecule has 18 heavy (non-hydrogen) atoms. The van der Waals surface area contributed by atoms with Gasteiger partial charge in [0.25, 0.3) is 0 Å². The molecule has 0 heterocycles. The molecule has 0 spiro atoms. The van der Waals surface area contributed by atoms with Crippen molar-refractivity contribution in [2.24, 2.45) is 5.41 Å². The molecule has 102 valence electrons. The lowest BCUT2D eigenvalue weighted by Crippen LogP contribution is -2.40. The molecule has 0 unspecified atom stereocenters. The van der Waals surface area contributed by atoms with Gasteiger partial charge in [0.1, 0.15) is 11.6 Å². The van der Waals surface area contributed by atoms with E-state index in [9.17, 15) is 9.50 Å². The number of halogens is 1. The topological polar surface area (TPSA) is 46.2 Å². The van der Waals surface area contributed by atoms with Crippen LogP contribution in [0.1, 0.15) is 53.0 Å². The molecule has 0 atom stereocenters. The lowest BCUT2D eigenvalue weighted by Gasteiger charge is -2.45. The van der Waals surface area contributed by atoms with Crippen molar-refractivity contribution in [2.75, 3.05) is 5.73 Å². The molecule has 0 aromatic heterocycles. The molecule has 0 saturated heterocycles. The molecule has 0 amide bonds. The first-order valence-electron chi connectivity index (χ1n) is 6.48. The van der Waals surface area contributed by atoms with Crippen molar-refractivity contribution < 1.29 is 9.50 Å². The highest BCUT2D eigenvalue weighted by atomic mass is 19.1. The molecule has 3 N–H and O–H groups in total. The van der Waals surface area contributed by atoms with Gasteiger partial charge in [-0.1, -0.05) is 34.6 Å². The van der Waals surface area contributed by atoms with Crippen molar-refractivity contribution >= 4 is 5.69 Å². The van der Waals surface area contributed by atoms with E-state index in [1.807, 2.05) is 13.8 Å². The molecular formula is C15H24FNO. The first kappa shape index (κ1) is 14.8. The Bertz CT molecular complexity index is 408. The summed E-state index contributed by atoms with van der Waals surface area (Å²) >= 11 is 0. The highest BCUT2D eigenvalue weighted by Crippen LogP contribution is 2.50. The number of anilines is 1. The lowest BCUT2D eigenvalue weighted by molar-refractivity contribution is 0.157. The smallest absolute Gasteiger partial charge is 0.132 e. The number of aromatic hydroxyl groups is 1. The standard InChI is InChI=1S/C15H24FNO/c1-6-15(7-2,14(3,4)5)13-11(16)8-10(17)9-12(13)18/h8-9,18H,6-7,17H2,1-5H3. The Morgan fingerprint density at radius 3 is 2.00 bits per heavy atom. The molecule has 0 bridgehead atoms. The summed E-state index contributed by atoms with van der Waals surface area (Å²) in [4.78, 5) is 0. The van der Waals surface area contributed by atoms with Crippen molar-refractivity contribution in [3.05, 3.63) is 23.5 Å². The fraction of sp³-hybridized carbons (Fsp3) is 0.600. The van der Waals surface area contributed by atoms with Crippen LogP contribution in [0.5, 0.6) is 5.75 Å². The first-order chi connectivity index (χ1) is 8.19. The van der Waals surface area contributed by atoms with Gasteiger partial charge >= 0.3 is 0 Å². The summed E-state index contributed by atoms with van der Waals surface area (Å²) in [6.45, 7) is 10.3. The minimum atomic E-state index is -0.411. The molecule has 0 saturated carbocycles. The molecule has 0 fully saturated rings. The number of benzene rings is 1. The fourth-order valence-corrected chi connectivity index (χ4v) is 3.13. The van der Waals surface area contributed by atoms with Crippen molar-refractivity contribution in [3.8, 4) is 5.75 Å². The van der Waals surface area contributed by atoms with Crippen LogP contribution in [0.25, 0.3) is 0 Å². The second-order valence-electron chi connectivity index (χ2n) is 5.94. The van der Waals surface area contributed by atoms with Crippen LogP contribution in [0, 0.1) is 11.2 Å². The molecule has 0 radical (unpaired) electrons. The Morgan fingerprint density at radius 1 is 1.17 bits per heavy atom.